The Bertz CT molecular complexity index is 494. The van der Waals surface area contributed by atoms with Crippen LogP contribution in [0.4, 0.5) is 0 Å². The maximum Gasteiger partial charge on any atom is 0.105 e. The van der Waals surface area contributed by atoms with Crippen molar-refractivity contribution >= 4 is 17.4 Å². The van der Waals surface area contributed by atoms with Crippen molar-refractivity contribution in [3.63, 3.8) is 0 Å². The van der Waals surface area contributed by atoms with Gasteiger partial charge in [0.05, 0.1) is 0 Å². The van der Waals surface area contributed by atoms with Gasteiger partial charge in [0, 0.05) is 36.6 Å². The quantitative estimate of drug-likeness (QED) is 0.174. The van der Waals surface area contributed by atoms with E-state index in [9.17, 15) is 30.6 Å². The van der Waals surface area contributed by atoms with Crippen molar-refractivity contribution in [3.05, 3.63) is 55.9 Å². The monoisotopic (exact) mass is 582 g/mol. The Morgan fingerprint density at radius 2 is 0.350 bits per heavy atom. The van der Waals surface area contributed by atoms with Gasteiger partial charge >= 0.3 is 0 Å². The highest BCUT2D eigenvalue weighted by molar-refractivity contribution is 5.75. The zero-order chi connectivity index (χ0) is 32.6. The van der Waals surface area contributed by atoms with Gasteiger partial charge in [-0.1, -0.05) is 125 Å². The summed E-state index contributed by atoms with van der Waals surface area (Å²) in [5, 5.41) is 57.6. The minimum Gasteiger partial charge on any atom is -0.386 e. The lowest BCUT2D eigenvalue weighted by Gasteiger charge is -2.30. The molecule has 0 heterocycles. The van der Waals surface area contributed by atoms with Gasteiger partial charge in [0.15, 0.2) is 0 Å². The molecule has 0 aromatic carbocycles. The van der Waals surface area contributed by atoms with Gasteiger partial charge in [-0.2, -0.15) is 0 Å². The minimum absolute atomic E-state index is 0. The standard InChI is InChI=1S/3C11H21O2.Al/c3*1-10(2,3)8(12)7-9(13)11(4,5)6;/h3*7,12-13H,1-6H3;. The van der Waals surface area contributed by atoms with Crippen molar-refractivity contribution in [1.82, 2.24) is 0 Å². The molecule has 40 heavy (non-hydrogen) atoms. The third-order valence-electron chi connectivity index (χ3n) is 5.43. The van der Waals surface area contributed by atoms with Crippen molar-refractivity contribution < 1.29 is 30.6 Å². The van der Waals surface area contributed by atoms with Crippen LogP contribution < -0.4 is 0 Å². The Labute approximate surface area is 260 Å². The Hall–Kier alpha value is 0.292. The van der Waals surface area contributed by atoms with Gasteiger partial charge in [0.2, 0.25) is 0 Å². The zero-order valence-electron chi connectivity index (χ0n) is 29.0. The summed E-state index contributed by atoms with van der Waals surface area (Å²) in [7, 11) is 0. The molecule has 6 nitrogen and oxygen atoms in total. The fraction of sp³-hybridized carbons (Fsp3) is 0.727. The molecule has 12 radical (unpaired) electrons. The lowest BCUT2D eigenvalue weighted by Crippen LogP contribution is -2.26. The molecular weight excluding hydrogens is 519 g/mol. The summed E-state index contributed by atoms with van der Waals surface area (Å²) in [5.41, 5.74) is -1.84. The van der Waals surface area contributed by atoms with Crippen molar-refractivity contribution in [2.45, 2.75) is 125 Å². The minimum atomic E-state index is -0.306. The Morgan fingerprint density at radius 3 is 0.400 bits per heavy atom. The third kappa shape index (κ3) is 22.8. The summed E-state index contributed by atoms with van der Waals surface area (Å²) < 4.78 is 0. The first-order valence-corrected chi connectivity index (χ1v) is 13.6. The predicted molar refractivity (Wildman–Crippen MR) is 166 cm³/mol. The van der Waals surface area contributed by atoms with E-state index < -0.39 is 0 Å². The molecular formula is C33H63AlO6. The van der Waals surface area contributed by atoms with Gasteiger partial charge in [0.1, 0.15) is 36.6 Å². The van der Waals surface area contributed by atoms with E-state index in [4.69, 9.17) is 0 Å². The highest BCUT2D eigenvalue weighted by Crippen LogP contribution is 2.38. The summed E-state index contributed by atoms with van der Waals surface area (Å²) in [5.74, 6) is 0. The van der Waals surface area contributed by atoms with Crippen molar-refractivity contribution in [1.29, 1.82) is 0 Å². The number of hydrogen-bond donors (Lipinski definition) is 6. The molecule has 0 saturated carbocycles. The molecule has 0 aromatic rings. The maximum atomic E-state index is 9.60. The number of aliphatic hydroxyl groups is 6. The van der Waals surface area contributed by atoms with Crippen LogP contribution in [0, 0.1) is 88.4 Å². The van der Waals surface area contributed by atoms with Crippen molar-refractivity contribution in [2.75, 3.05) is 0 Å². The zero-order valence-corrected chi connectivity index (χ0v) is 30.1. The molecule has 0 bridgehead atoms. The van der Waals surface area contributed by atoms with Crippen LogP contribution >= 0.6 is 0 Å². The first kappa shape index (κ1) is 47.2. The summed E-state index contributed by atoms with van der Waals surface area (Å²) in [6, 6.07) is 0. The predicted octanol–water partition coefficient (Wildman–Crippen LogP) is 8.89. The van der Waals surface area contributed by atoms with Crippen LogP contribution in [0.2, 0.25) is 0 Å². The van der Waals surface area contributed by atoms with E-state index in [0.717, 1.165) is 0 Å². The first-order chi connectivity index (χ1) is 16.6. The van der Waals surface area contributed by atoms with Crippen LogP contribution in [0.3, 0.4) is 0 Å². The van der Waals surface area contributed by atoms with Crippen LogP contribution in [0.25, 0.3) is 0 Å². The number of rotatable bonds is 6. The van der Waals surface area contributed by atoms with Crippen LogP contribution in [-0.4, -0.2) is 48.0 Å². The number of hydrogen-bond acceptors (Lipinski definition) is 6. The average Bonchev–Trinajstić information content (AvgIpc) is 2.64. The van der Waals surface area contributed by atoms with Crippen molar-refractivity contribution in [3.8, 4) is 0 Å². The molecule has 0 aliphatic heterocycles. The van der Waals surface area contributed by atoms with Crippen LogP contribution in [-0.2, 0) is 0 Å². The van der Waals surface area contributed by atoms with Crippen LogP contribution in [0.1, 0.15) is 125 Å². The highest BCUT2D eigenvalue weighted by Gasteiger charge is 2.34. The molecule has 0 saturated heterocycles. The molecule has 0 fully saturated rings. The summed E-state index contributed by atoms with van der Waals surface area (Å²) in [6.07, 6.45) is 5.58. The van der Waals surface area contributed by atoms with Gasteiger partial charge in [-0.05, 0) is 32.5 Å². The number of aliphatic hydroxyl groups excluding tert-OH is 6. The molecule has 0 aliphatic carbocycles. The van der Waals surface area contributed by atoms with E-state index in [1.165, 1.54) is 19.3 Å². The topological polar surface area (TPSA) is 121 Å². The maximum absolute atomic E-state index is 9.60. The largest absolute Gasteiger partial charge is 0.386 e. The molecule has 0 rings (SSSR count). The van der Waals surface area contributed by atoms with Gasteiger partial charge in [0.25, 0.3) is 0 Å². The van der Waals surface area contributed by atoms with E-state index in [-0.39, 0.29) is 86.5 Å². The Balaban J connectivity index is -0.000000240. The molecule has 0 aromatic heterocycles. The summed E-state index contributed by atoms with van der Waals surface area (Å²) >= 11 is 0. The molecule has 0 unspecified atom stereocenters. The molecule has 0 atom stereocenters. The van der Waals surface area contributed by atoms with E-state index in [1.807, 2.05) is 125 Å². The third-order valence-corrected chi connectivity index (χ3v) is 5.43. The second kappa shape index (κ2) is 17.6. The molecule has 0 aliphatic rings. The van der Waals surface area contributed by atoms with E-state index >= 15 is 0 Å². The lowest BCUT2D eigenvalue weighted by molar-refractivity contribution is 0.145. The van der Waals surface area contributed by atoms with E-state index in [0.29, 0.717) is 0 Å². The average molecular weight is 583 g/mol. The fourth-order valence-corrected chi connectivity index (χ4v) is 1.69. The lowest BCUT2D eigenvalue weighted by atomic mass is 9.79. The Morgan fingerprint density at radius 1 is 0.275 bits per heavy atom. The highest BCUT2D eigenvalue weighted by atomic mass is 27.0. The smallest absolute Gasteiger partial charge is 0.105 e. The normalized spacial score (nSPS) is 13.9. The molecule has 0 amide bonds. The molecule has 7 heteroatoms. The summed E-state index contributed by atoms with van der Waals surface area (Å²) in [4.78, 5) is 0. The van der Waals surface area contributed by atoms with Crippen LogP contribution in [0.15, 0.2) is 0 Å². The second-order valence-electron chi connectivity index (χ2n) is 16.2. The molecule has 234 valence electrons. The fourth-order valence-electron chi connectivity index (χ4n) is 1.69. The van der Waals surface area contributed by atoms with Gasteiger partial charge in [-0.25, -0.2) is 0 Å². The first-order valence-electron chi connectivity index (χ1n) is 13.6. The SMILES string of the molecule is CC(C)(C)[C](O)[CH][C](O)C(C)(C)C.CC(C)(C)[C](O)[CH][C](O)C(C)(C)C.CC(C)(C)[C](O)[CH][C](O)C(C)(C)C.[Al]. The van der Waals surface area contributed by atoms with Gasteiger partial charge in [-0.3, -0.25) is 0 Å². The molecule has 0 spiro atoms. The van der Waals surface area contributed by atoms with E-state index in [2.05, 4.69) is 0 Å². The molecule has 6 N–H and O–H groups in total. The summed E-state index contributed by atoms with van der Waals surface area (Å²) in [6.45, 7) is 34.2. The van der Waals surface area contributed by atoms with Gasteiger partial charge < -0.3 is 30.6 Å². The van der Waals surface area contributed by atoms with E-state index in [1.54, 1.807) is 0 Å². The van der Waals surface area contributed by atoms with Crippen LogP contribution in [0.5, 0.6) is 0 Å². The van der Waals surface area contributed by atoms with Crippen molar-refractivity contribution in [2.24, 2.45) is 32.5 Å². The van der Waals surface area contributed by atoms with Gasteiger partial charge in [-0.15, -0.1) is 0 Å². The second-order valence-corrected chi connectivity index (χ2v) is 16.2. The Kier molecular flexibility index (Phi) is 20.7.